The summed E-state index contributed by atoms with van der Waals surface area (Å²) in [6.07, 6.45) is -1.21. The zero-order valence-electron chi connectivity index (χ0n) is 9.40. The average molecular weight is 317 g/mol. The van der Waals surface area contributed by atoms with Crippen LogP contribution in [-0.2, 0) is 15.6 Å². The van der Waals surface area contributed by atoms with Crippen LogP contribution in [0.3, 0.4) is 0 Å². The van der Waals surface area contributed by atoms with Crippen molar-refractivity contribution in [3.8, 4) is 5.75 Å². The number of ether oxygens (including phenoxy) is 1. The summed E-state index contributed by atoms with van der Waals surface area (Å²) in [6, 6.07) is 2.79. The molecule has 1 N–H and O–H groups in total. The first-order valence-electron chi connectivity index (χ1n) is 4.80. The van der Waals surface area contributed by atoms with Crippen LogP contribution in [0.2, 0.25) is 5.02 Å². The molecule has 0 fully saturated rings. The molecule has 2 atom stereocenters. The van der Waals surface area contributed by atoms with Gasteiger partial charge in [-0.3, -0.25) is 0 Å². The second kappa shape index (κ2) is 5.79. The molecule has 0 amide bonds. The standard InChI is InChI=1S/C10H8ClF3O4S/c1-5(9(15)16)18-8-3-2-6(4-7(8)11)19(17)10(12,13)14/h2-5H,1H3,(H,15,16). The largest absolute Gasteiger partial charge is 0.479 e. The van der Waals surface area contributed by atoms with E-state index in [9.17, 15) is 22.2 Å². The molecule has 4 nitrogen and oxygen atoms in total. The number of alkyl halides is 3. The maximum Gasteiger partial charge on any atom is 0.475 e. The van der Waals surface area contributed by atoms with Crippen LogP contribution >= 0.6 is 11.6 Å². The lowest BCUT2D eigenvalue weighted by Gasteiger charge is -2.13. The molecule has 0 spiro atoms. The Labute approximate surface area is 113 Å². The minimum Gasteiger partial charge on any atom is -0.479 e. The molecule has 0 radical (unpaired) electrons. The van der Waals surface area contributed by atoms with Gasteiger partial charge in [-0.2, -0.15) is 13.2 Å². The first kappa shape index (κ1) is 15.8. The molecule has 106 valence electrons. The van der Waals surface area contributed by atoms with E-state index in [1.165, 1.54) is 6.92 Å². The molecule has 0 aromatic heterocycles. The Kier molecular flexibility index (Phi) is 4.81. The van der Waals surface area contributed by atoms with E-state index in [2.05, 4.69) is 0 Å². The molecule has 0 aliphatic carbocycles. The van der Waals surface area contributed by atoms with Gasteiger partial charge in [-0.15, -0.1) is 0 Å². The van der Waals surface area contributed by atoms with Crippen molar-refractivity contribution in [3.63, 3.8) is 0 Å². The number of aliphatic carboxylic acids is 1. The summed E-state index contributed by atoms with van der Waals surface area (Å²) in [5.41, 5.74) is -4.89. The third-order valence-electron chi connectivity index (χ3n) is 1.98. The lowest BCUT2D eigenvalue weighted by atomic mass is 10.3. The van der Waals surface area contributed by atoms with Gasteiger partial charge in [0.1, 0.15) is 5.75 Å². The number of rotatable bonds is 4. The van der Waals surface area contributed by atoms with Gasteiger partial charge in [0.2, 0.25) is 0 Å². The van der Waals surface area contributed by atoms with E-state index in [4.69, 9.17) is 21.4 Å². The Hall–Kier alpha value is -1.28. The number of halogens is 4. The van der Waals surface area contributed by atoms with Crippen LogP contribution in [0.4, 0.5) is 13.2 Å². The van der Waals surface area contributed by atoms with Gasteiger partial charge in [0, 0.05) is 4.90 Å². The van der Waals surface area contributed by atoms with Crippen LogP contribution in [0.15, 0.2) is 23.1 Å². The molecule has 0 aliphatic rings. The van der Waals surface area contributed by atoms with Crippen molar-refractivity contribution >= 4 is 28.4 Å². The molecule has 0 heterocycles. The SMILES string of the molecule is CC(Oc1ccc(S(=O)C(F)(F)F)cc1Cl)C(=O)O. The van der Waals surface area contributed by atoms with Crippen LogP contribution < -0.4 is 4.74 Å². The Morgan fingerprint density at radius 3 is 2.47 bits per heavy atom. The first-order chi connectivity index (χ1) is 8.62. The zero-order valence-corrected chi connectivity index (χ0v) is 11.0. The fraction of sp³-hybridized carbons (Fsp3) is 0.300. The predicted molar refractivity (Wildman–Crippen MR) is 61.6 cm³/mol. The van der Waals surface area contributed by atoms with Crippen molar-refractivity contribution in [2.45, 2.75) is 23.4 Å². The summed E-state index contributed by atoms with van der Waals surface area (Å²) in [5.74, 6) is -1.35. The van der Waals surface area contributed by atoms with E-state index in [0.717, 1.165) is 18.2 Å². The van der Waals surface area contributed by atoms with Crippen molar-refractivity contribution in [1.82, 2.24) is 0 Å². The minimum absolute atomic E-state index is 0.0977. The second-order valence-corrected chi connectivity index (χ2v) is 5.28. The zero-order chi connectivity index (χ0) is 14.8. The van der Waals surface area contributed by atoms with Crippen LogP contribution in [0, 0.1) is 0 Å². The van der Waals surface area contributed by atoms with Crippen molar-refractivity contribution in [2.75, 3.05) is 0 Å². The number of benzene rings is 1. The Morgan fingerprint density at radius 2 is 2.05 bits per heavy atom. The third kappa shape index (κ3) is 4.10. The van der Waals surface area contributed by atoms with Gasteiger partial charge in [0.15, 0.2) is 16.9 Å². The summed E-state index contributed by atoms with van der Waals surface area (Å²) in [6.45, 7) is 1.24. The quantitative estimate of drug-likeness (QED) is 0.927. The monoisotopic (exact) mass is 316 g/mol. The molecular weight excluding hydrogens is 309 g/mol. The van der Waals surface area contributed by atoms with Crippen LogP contribution in [0.1, 0.15) is 6.92 Å². The summed E-state index contributed by atoms with van der Waals surface area (Å²) in [4.78, 5) is 10.0. The van der Waals surface area contributed by atoms with Crippen LogP contribution in [-0.4, -0.2) is 26.9 Å². The molecule has 1 aromatic rings. The second-order valence-electron chi connectivity index (χ2n) is 3.41. The predicted octanol–water partition coefficient (Wildman–Crippen LogP) is 2.82. The van der Waals surface area contributed by atoms with Crippen LogP contribution in [0.5, 0.6) is 5.75 Å². The normalized spacial score (nSPS) is 14.8. The Morgan fingerprint density at radius 1 is 1.47 bits per heavy atom. The van der Waals surface area contributed by atoms with Crippen molar-refractivity contribution < 1.29 is 32.0 Å². The molecule has 1 aromatic carbocycles. The van der Waals surface area contributed by atoms with Gasteiger partial charge >= 0.3 is 11.5 Å². The maximum atomic E-state index is 12.2. The first-order valence-corrected chi connectivity index (χ1v) is 6.33. The molecule has 9 heteroatoms. The third-order valence-corrected chi connectivity index (χ3v) is 3.38. The van der Waals surface area contributed by atoms with E-state index in [1.807, 2.05) is 0 Å². The highest BCUT2D eigenvalue weighted by molar-refractivity contribution is 7.86. The average Bonchev–Trinajstić information content (AvgIpc) is 2.29. The lowest BCUT2D eigenvalue weighted by Crippen LogP contribution is -2.23. The van der Waals surface area contributed by atoms with Crippen molar-refractivity contribution in [3.05, 3.63) is 23.2 Å². The highest BCUT2D eigenvalue weighted by atomic mass is 35.5. The molecule has 0 aliphatic heterocycles. The van der Waals surface area contributed by atoms with E-state index in [0.29, 0.717) is 0 Å². The topological polar surface area (TPSA) is 63.6 Å². The smallest absolute Gasteiger partial charge is 0.475 e. The molecule has 2 unspecified atom stereocenters. The lowest BCUT2D eigenvalue weighted by molar-refractivity contribution is -0.144. The van der Waals surface area contributed by atoms with E-state index in [1.54, 1.807) is 0 Å². The van der Waals surface area contributed by atoms with E-state index >= 15 is 0 Å². The number of hydrogen-bond acceptors (Lipinski definition) is 3. The minimum atomic E-state index is -4.89. The number of carboxylic acids is 1. The van der Waals surface area contributed by atoms with Gasteiger partial charge in [0.25, 0.3) is 0 Å². The molecule has 19 heavy (non-hydrogen) atoms. The summed E-state index contributed by atoms with van der Waals surface area (Å²) in [7, 11) is -3.20. The Balaban J connectivity index is 2.98. The van der Waals surface area contributed by atoms with E-state index in [-0.39, 0.29) is 10.8 Å². The van der Waals surface area contributed by atoms with Crippen molar-refractivity contribution in [2.24, 2.45) is 0 Å². The number of carbonyl (C=O) groups is 1. The highest BCUT2D eigenvalue weighted by Gasteiger charge is 2.38. The fourth-order valence-corrected chi connectivity index (χ4v) is 2.04. The molecule has 0 saturated heterocycles. The van der Waals surface area contributed by atoms with E-state index < -0.39 is 33.3 Å². The molecule has 0 bridgehead atoms. The summed E-state index contributed by atoms with van der Waals surface area (Å²) < 4.78 is 52.7. The molecule has 0 saturated carbocycles. The molecular formula is C10H8ClF3O4S. The maximum absolute atomic E-state index is 12.2. The summed E-state index contributed by atoms with van der Waals surface area (Å²) >= 11 is 5.65. The van der Waals surface area contributed by atoms with Gasteiger partial charge in [-0.25, -0.2) is 9.00 Å². The molecule has 1 rings (SSSR count). The number of carboxylic acid groups (broad SMARTS) is 1. The fourth-order valence-electron chi connectivity index (χ4n) is 1.07. The van der Waals surface area contributed by atoms with Crippen LogP contribution in [0.25, 0.3) is 0 Å². The van der Waals surface area contributed by atoms with Gasteiger partial charge in [-0.05, 0) is 25.1 Å². The Bertz CT molecular complexity index is 518. The highest BCUT2D eigenvalue weighted by Crippen LogP contribution is 2.32. The van der Waals surface area contributed by atoms with Gasteiger partial charge in [-0.1, -0.05) is 11.6 Å². The van der Waals surface area contributed by atoms with Gasteiger partial charge < -0.3 is 9.84 Å². The van der Waals surface area contributed by atoms with Gasteiger partial charge in [0.05, 0.1) is 5.02 Å². The summed E-state index contributed by atoms with van der Waals surface area (Å²) in [5, 5.41) is 8.37. The van der Waals surface area contributed by atoms with Crippen molar-refractivity contribution in [1.29, 1.82) is 0 Å². The number of hydrogen-bond donors (Lipinski definition) is 1.